The zero-order valence-electron chi connectivity index (χ0n) is 15.4. The van der Waals surface area contributed by atoms with Gasteiger partial charge in [0.2, 0.25) is 0 Å². The van der Waals surface area contributed by atoms with Gasteiger partial charge < -0.3 is 15.5 Å². The van der Waals surface area contributed by atoms with Crippen LogP contribution in [0, 0.1) is 18.6 Å². The van der Waals surface area contributed by atoms with Crippen LogP contribution in [0.5, 0.6) is 0 Å². The largest absolute Gasteiger partial charge is 0.321 e. The van der Waals surface area contributed by atoms with Crippen LogP contribution < -0.4 is 15.5 Å². The summed E-state index contributed by atoms with van der Waals surface area (Å²) in [5.74, 6) is -2.45. The van der Waals surface area contributed by atoms with Crippen molar-refractivity contribution >= 4 is 23.2 Å². The maximum atomic E-state index is 13.7. The van der Waals surface area contributed by atoms with Crippen LogP contribution in [-0.2, 0) is 9.59 Å². The first-order valence-corrected chi connectivity index (χ1v) is 8.83. The fourth-order valence-corrected chi connectivity index (χ4v) is 2.76. The van der Waals surface area contributed by atoms with Crippen molar-refractivity contribution < 1.29 is 23.3 Å². The molecule has 7 heteroatoms. The SMILES string of the molecule is CCC[NH+](CC(=O)Nc1ccccc1C)CC(=O)Nc1c(F)cccc1F. The van der Waals surface area contributed by atoms with Crippen molar-refractivity contribution in [2.24, 2.45) is 0 Å². The van der Waals surface area contributed by atoms with Gasteiger partial charge in [-0.1, -0.05) is 31.2 Å². The quantitative estimate of drug-likeness (QED) is 0.661. The molecule has 0 radical (unpaired) electrons. The van der Waals surface area contributed by atoms with E-state index < -0.39 is 23.2 Å². The first-order chi connectivity index (χ1) is 12.9. The van der Waals surface area contributed by atoms with Gasteiger partial charge in [-0.25, -0.2) is 8.78 Å². The molecule has 2 rings (SSSR count). The van der Waals surface area contributed by atoms with E-state index in [-0.39, 0.29) is 19.0 Å². The number of benzene rings is 2. The standard InChI is InChI=1S/C20H23F2N3O2/c1-3-11-25(12-18(26)23-17-10-5-4-7-14(17)2)13-19(27)24-20-15(21)8-6-9-16(20)22/h4-10H,3,11-13H2,1-2H3,(H,23,26)(H,24,27)/p+1. The van der Waals surface area contributed by atoms with Crippen LogP contribution in [0.1, 0.15) is 18.9 Å². The van der Waals surface area contributed by atoms with Crippen molar-refractivity contribution in [1.82, 2.24) is 0 Å². The van der Waals surface area contributed by atoms with Crippen LogP contribution in [0.15, 0.2) is 42.5 Å². The maximum absolute atomic E-state index is 13.7. The van der Waals surface area contributed by atoms with Gasteiger partial charge in [-0.15, -0.1) is 0 Å². The minimum atomic E-state index is -0.835. The van der Waals surface area contributed by atoms with Crippen LogP contribution in [0.25, 0.3) is 0 Å². The number of para-hydroxylation sites is 2. The maximum Gasteiger partial charge on any atom is 0.279 e. The van der Waals surface area contributed by atoms with E-state index in [0.29, 0.717) is 11.4 Å². The number of quaternary nitrogens is 1. The van der Waals surface area contributed by atoms with Gasteiger partial charge in [-0.3, -0.25) is 9.59 Å². The number of hydrogen-bond acceptors (Lipinski definition) is 2. The number of carbonyl (C=O) groups excluding carboxylic acids is 2. The van der Waals surface area contributed by atoms with Crippen LogP contribution in [0.4, 0.5) is 20.2 Å². The number of halogens is 2. The molecule has 0 bridgehead atoms. The summed E-state index contributed by atoms with van der Waals surface area (Å²) in [4.78, 5) is 25.2. The highest BCUT2D eigenvalue weighted by atomic mass is 19.1. The van der Waals surface area contributed by atoms with E-state index in [0.717, 1.165) is 29.8 Å². The van der Waals surface area contributed by atoms with Crippen LogP contribution in [0.2, 0.25) is 0 Å². The van der Waals surface area contributed by atoms with Crippen LogP contribution in [0.3, 0.4) is 0 Å². The topological polar surface area (TPSA) is 62.6 Å². The molecule has 2 amide bonds. The first kappa shape index (κ1) is 20.5. The lowest BCUT2D eigenvalue weighted by atomic mass is 10.2. The summed E-state index contributed by atoms with van der Waals surface area (Å²) in [6.07, 6.45) is 0.758. The molecule has 1 unspecified atom stereocenters. The van der Waals surface area contributed by atoms with Crippen molar-refractivity contribution in [2.75, 3.05) is 30.3 Å². The lowest BCUT2D eigenvalue weighted by molar-refractivity contribution is -0.883. The van der Waals surface area contributed by atoms with Crippen molar-refractivity contribution in [3.63, 3.8) is 0 Å². The van der Waals surface area contributed by atoms with Crippen molar-refractivity contribution in [3.8, 4) is 0 Å². The lowest BCUT2D eigenvalue weighted by Gasteiger charge is -2.18. The normalized spacial score (nSPS) is 11.7. The molecule has 0 aliphatic carbocycles. The monoisotopic (exact) mass is 376 g/mol. The van der Waals surface area contributed by atoms with E-state index in [4.69, 9.17) is 0 Å². The summed E-state index contributed by atoms with van der Waals surface area (Å²) < 4.78 is 27.3. The molecule has 1 atom stereocenters. The fraction of sp³-hybridized carbons (Fsp3) is 0.300. The minimum Gasteiger partial charge on any atom is -0.321 e. The molecule has 3 N–H and O–H groups in total. The second-order valence-corrected chi connectivity index (χ2v) is 6.36. The summed E-state index contributed by atoms with van der Waals surface area (Å²) in [6.45, 7) is 4.42. The molecule has 0 spiro atoms. The Hall–Kier alpha value is -2.80. The van der Waals surface area contributed by atoms with Crippen LogP contribution in [-0.4, -0.2) is 31.4 Å². The highest BCUT2D eigenvalue weighted by Crippen LogP contribution is 2.17. The van der Waals surface area contributed by atoms with E-state index in [9.17, 15) is 18.4 Å². The van der Waals surface area contributed by atoms with Gasteiger partial charge in [0, 0.05) is 5.69 Å². The Morgan fingerprint density at radius 3 is 2.11 bits per heavy atom. The summed E-state index contributed by atoms with van der Waals surface area (Å²) in [6, 6.07) is 10.8. The van der Waals surface area contributed by atoms with Gasteiger partial charge in [0.15, 0.2) is 13.1 Å². The molecule has 0 fully saturated rings. The van der Waals surface area contributed by atoms with Crippen molar-refractivity contribution in [2.45, 2.75) is 20.3 Å². The van der Waals surface area contributed by atoms with Gasteiger partial charge in [0.25, 0.3) is 11.8 Å². The second-order valence-electron chi connectivity index (χ2n) is 6.36. The zero-order valence-corrected chi connectivity index (χ0v) is 15.4. The molecule has 2 aromatic rings. The number of anilines is 2. The van der Waals surface area contributed by atoms with Gasteiger partial charge >= 0.3 is 0 Å². The van der Waals surface area contributed by atoms with Crippen molar-refractivity contribution in [1.29, 1.82) is 0 Å². The van der Waals surface area contributed by atoms with E-state index in [1.165, 1.54) is 6.07 Å². The van der Waals surface area contributed by atoms with Gasteiger partial charge in [-0.05, 0) is 37.1 Å². The molecule has 0 aromatic heterocycles. The predicted molar refractivity (Wildman–Crippen MR) is 101 cm³/mol. The van der Waals surface area contributed by atoms with Gasteiger partial charge in [-0.2, -0.15) is 0 Å². The first-order valence-electron chi connectivity index (χ1n) is 8.83. The number of nitrogens with one attached hydrogen (secondary N) is 3. The Labute approximate surface area is 157 Å². The Balaban J connectivity index is 1.97. The van der Waals surface area contributed by atoms with E-state index in [1.54, 1.807) is 6.07 Å². The highest BCUT2D eigenvalue weighted by Gasteiger charge is 2.20. The molecule has 0 saturated carbocycles. The molecule has 0 aliphatic rings. The highest BCUT2D eigenvalue weighted by molar-refractivity contribution is 5.93. The van der Waals surface area contributed by atoms with E-state index in [1.807, 2.05) is 32.0 Å². The molecule has 27 heavy (non-hydrogen) atoms. The molecule has 2 aromatic carbocycles. The number of amides is 2. The Bertz CT molecular complexity index is 791. The van der Waals surface area contributed by atoms with E-state index >= 15 is 0 Å². The third-order valence-corrected chi connectivity index (χ3v) is 4.07. The summed E-state index contributed by atoms with van der Waals surface area (Å²) in [5.41, 5.74) is 1.19. The van der Waals surface area contributed by atoms with Crippen molar-refractivity contribution in [3.05, 3.63) is 59.7 Å². The van der Waals surface area contributed by atoms with E-state index in [2.05, 4.69) is 10.6 Å². The number of aryl methyl sites for hydroxylation is 1. The number of rotatable bonds is 8. The second kappa shape index (κ2) is 9.78. The third kappa shape index (κ3) is 6.14. The number of carbonyl (C=O) groups is 2. The molecule has 144 valence electrons. The zero-order chi connectivity index (χ0) is 19.8. The number of hydrogen-bond donors (Lipinski definition) is 3. The van der Waals surface area contributed by atoms with Gasteiger partial charge in [0.1, 0.15) is 17.3 Å². The lowest BCUT2D eigenvalue weighted by Crippen LogP contribution is -3.14. The summed E-state index contributed by atoms with van der Waals surface area (Å²) in [5, 5.41) is 5.09. The third-order valence-electron chi connectivity index (χ3n) is 4.07. The smallest absolute Gasteiger partial charge is 0.279 e. The fourth-order valence-electron chi connectivity index (χ4n) is 2.76. The predicted octanol–water partition coefficient (Wildman–Crippen LogP) is 2.15. The average Bonchev–Trinajstić information content (AvgIpc) is 2.60. The molecular formula is C20H24F2N3O2+. The molecule has 0 aliphatic heterocycles. The molecule has 0 heterocycles. The Morgan fingerprint density at radius 1 is 0.926 bits per heavy atom. The summed E-state index contributed by atoms with van der Waals surface area (Å²) >= 11 is 0. The molecular weight excluding hydrogens is 352 g/mol. The van der Waals surface area contributed by atoms with Crippen LogP contribution >= 0.6 is 0 Å². The minimum absolute atomic E-state index is 0.0667. The molecule has 0 saturated heterocycles. The Morgan fingerprint density at radius 2 is 1.52 bits per heavy atom. The molecule has 5 nitrogen and oxygen atoms in total. The van der Waals surface area contributed by atoms with Gasteiger partial charge in [0.05, 0.1) is 6.54 Å². The average molecular weight is 376 g/mol. The Kier molecular flexibility index (Phi) is 7.43. The summed E-state index contributed by atoms with van der Waals surface area (Å²) in [7, 11) is 0.